The van der Waals surface area contributed by atoms with Crippen LogP contribution in [0.3, 0.4) is 0 Å². The lowest BCUT2D eigenvalue weighted by Crippen LogP contribution is -2.30. The maximum atomic E-state index is 11.4. The van der Waals surface area contributed by atoms with E-state index in [1.165, 1.54) is 0 Å². The summed E-state index contributed by atoms with van der Waals surface area (Å²) in [6.45, 7) is 7.67. The molecule has 1 aromatic heterocycles. The minimum Gasteiger partial charge on any atom is -0.361 e. The molecule has 1 amide bonds. The molecule has 15 heavy (non-hydrogen) atoms. The van der Waals surface area contributed by atoms with Gasteiger partial charge in [-0.3, -0.25) is 4.79 Å². The van der Waals surface area contributed by atoms with Crippen LogP contribution in [-0.4, -0.2) is 17.1 Å². The summed E-state index contributed by atoms with van der Waals surface area (Å²) in [6, 6.07) is 0.196. The van der Waals surface area contributed by atoms with Gasteiger partial charge >= 0.3 is 0 Å². The topological polar surface area (TPSA) is 55.1 Å². The molecule has 0 bridgehead atoms. The van der Waals surface area contributed by atoms with E-state index in [2.05, 4.69) is 10.5 Å². The van der Waals surface area contributed by atoms with Crippen LogP contribution in [-0.2, 0) is 11.2 Å². The molecule has 4 nitrogen and oxygen atoms in total. The third-order valence-corrected chi connectivity index (χ3v) is 2.23. The molecule has 84 valence electrons. The van der Waals surface area contributed by atoms with Crippen molar-refractivity contribution in [2.75, 3.05) is 0 Å². The molecule has 1 aromatic rings. The van der Waals surface area contributed by atoms with Crippen molar-refractivity contribution in [3.8, 4) is 0 Å². The van der Waals surface area contributed by atoms with Gasteiger partial charge in [-0.05, 0) is 34.1 Å². The number of nitrogens with zero attached hydrogens (tertiary/aromatic N) is 1. The van der Waals surface area contributed by atoms with Gasteiger partial charge in [-0.25, -0.2) is 0 Å². The SMILES string of the molecule is Cc1noc(C)c1CCC(=O)NC(C)C. The summed E-state index contributed by atoms with van der Waals surface area (Å²) in [5.41, 5.74) is 1.93. The van der Waals surface area contributed by atoms with Gasteiger partial charge in [-0.15, -0.1) is 0 Å². The van der Waals surface area contributed by atoms with Crippen molar-refractivity contribution in [1.82, 2.24) is 10.5 Å². The second-order valence-corrected chi connectivity index (χ2v) is 4.02. The van der Waals surface area contributed by atoms with Crippen molar-refractivity contribution in [2.24, 2.45) is 0 Å². The Morgan fingerprint density at radius 1 is 1.47 bits per heavy atom. The lowest BCUT2D eigenvalue weighted by molar-refractivity contribution is -0.121. The molecule has 1 N–H and O–H groups in total. The molecule has 0 radical (unpaired) electrons. The van der Waals surface area contributed by atoms with Gasteiger partial charge in [0.1, 0.15) is 5.76 Å². The van der Waals surface area contributed by atoms with Crippen LogP contribution in [0.2, 0.25) is 0 Å². The molecule has 0 atom stereocenters. The average Bonchev–Trinajstić information content (AvgIpc) is 2.42. The van der Waals surface area contributed by atoms with Gasteiger partial charge in [0.2, 0.25) is 5.91 Å². The number of carbonyl (C=O) groups excluding carboxylic acids is 1. The summed E-state index contributed by atoms with van der Waals surface area (Å²) in [4.78, 5) is 11.4. The Balaban J connectivity index is 2.47. The van der Waals surface area contributed by atoms with Crippen molar-refractivity contribution in [2.45, 2.75) is 46.6 Å². The molecule has 0 aliphatic carbocycles. The molecule has 1 rings (SSSR count). The molecular formula is C11H18N2O2. The fourth-order valence-electron chi connectivity index (χ4n) is 1.49. The monoisotopic (exact) mass is 210 g/mol. The first-order valence-electron chi connectivity index (χ1n) is 5.21. The van der Waals surface area contributed by atoms with Crippen molar-refractivity contribution in [3.63, 3.8) is 0 Å². The van der Waals surface area contributed by atoms with E-state index >= 15 is 0 Å². The number of nitrogens with one attached hydrogen (secondary N) is 1. The van der Waals surface area contributed by atoms with Crippen LogP contribution in [0.1, 0.15) is 37.3 Å². The number of aryl methyl sites for hydroxylation is 2. The van der Waals surface area contributed by atoms with E-state index in [0.717, 1.165) is 17.0 Å². The second kappa shape index (κ2) is 4.96. The van der Waals surface area contributed by atoms with Gasteiger partial charge in [0.25, 0.3) is 0 Å². The van der Waals surface area contributed by atoms with E-state index in [-0.39, 0.29) is 11.9 Å². The molecule has 1 heterocycles. The highest BCUT2D eigenvalue weighted by Gasteiger charge is 2.11. The van der Waals surface area contributed by atoms with Gasteiger partial charge in [0.05, 0.1) is 5.69 Å². The molecule has 0 saturated heterocycles. The van der Waals surface area contributed by atoms with Gasteiger partial charge < -0.3 is 9.84 Å². The molecule has 0 aromatic carbocycles. The first-order valence-corrected chi connectivity index (χ1v) is 5.21. The minimum atomic E-state index is 0.0741. The second-order valence-electron chi connectivity index (χ2n) is 4.02. The van der Waals surface area contributed by atoms with Crippen LogP contribution in [0.4, 0.5) is 0 Å². The Bertz CT molecular complexity index is 323. The maximum absolute atomic E-state index is 11.4. The Kier molecular flexibility index (Phi) is 3.88. The van der Waals surface area contributed by atoms with E-state index in [4.69, 9.17) is 4.52 Å². The number of hydrogen-bond donors (Lipinski definition) is 1. The number of hydrogen-bond acceptors (Lipinski definition) is 3. The lowest BCUT2D eigenvalue weighted by Gasteiger charge is -2.07. The van der Waals surface area contributed by atoms with Gasteiger partial charge in [0, 0.05) is 18.0 Å². The maximum Gasteiger partial charge on any atom is 0.220 e. The van der Waals surface area contributed by atoms with Crippen LogP contribution in [0.25, 0.3) is 0 Å². The quantitative estimate of drug-likeness (QED) is 0.823. The number of aromatic nitrogens is 1. The first kappa shape index (κ1) is 11.8. The third-order valence-electron chi connectivity index (χ3n) is 2.23. The van der Waals surface area contributed by atoms with E-state index in [9.17, 15) is 4.79 Å². The minimum absolute atomic E-state index is 0.0741. The Morgan fingerprint density at radius 2 is 2.13 bits per heavy atom. The van der Waals surface area contributed by atoms with Crippen molar-refractivity contribution in [3.05, 3.63) is 17.0 Å². The average molecular weight is 210 g/mol. The van der Waals surface area contributed by atoms with E-state index in [1.54, 1.807) is 0 Å². The summed E-state index contributed by atoms with van der Waals surface area (Å²) in [5, 5.41) is 6.70. The van der Waals surface area contributed by atoms with Crippen molar-refractivity contribution < 1.29 is 9.32 Å². The van der Waals surface area contributed by atoms with Crippen molar-refractivity contribution >= 4 is 5.91 Å². The highest BCUT2D eigenvalue weighted by molar-refractivity contribution is 5.76. The molecule has 0 unspecified atom stereocenters. The summed E-state index contributed by atoms with van der Waals surface area (Å²) in [7, 11) is 0. The van der Waals surface area contributed by atoms with E-state index < -0.39 is 0 Å². The van der Waals surface area contributed by atoms with Crippen LogP contribution in [0.15, 0.2) is 4.52 Å². The highest BCUT2D eigenvalue weighted by Crippen LogP contribution is 2.14. The van der Waals surface area contributed by atoms with Crippen LogP contribution in [0.5, 0.6) is 0 Å². The summed E-state index contributed by atoms with van der Waals surface area (Å²) in [5.74, 6) is 0.884. The molecule has 0 aliphatic rings. The van der Waals surface area contributed by atoms with Gasteiger partial charge in [-0.1, -0.05) is 5.16 Å². The van der Waals surface area contributed by atoms with Crippen molar-refractivity contribution in [1.29, 1.82) is 0 Å². The number of carbonyl (C=O) groups is 1. The Labute approximate surface area is 90.0 Å². The predicted octanol–water partition coefficient (Wildman–Crippen LogP) is 1.75. The predicted molar refractivity (Wildman–Crippen MR) is 57.6 cm³/mol. The fourth-order valence-corrected chi connectivity index (χ4v) is 1.49. The summed E-state index contributed by atoms with van der Waals surface area (Å²) >= 11 is 0. The normalized spacial score (nSPS) is 10.7. The van der Waals surface area contributed by atoms with E-state index in [1.807, 2.05) is 27.7 Å². The van der Waals surface area contributed by atoms with Crippen LogP contribution in [0, 0.1) is 13.8 Å². The van der Waals surface area contributed by atoms with Crippen LogP contribution < -0.4 is 5.32 Å². The van der Waals surface area contributed by atoms with Gasteiger partial charge in [-0.2, -0.15) is 0 Å². The molecular weight excluding hydrogens is 192 g/mol. The molecule has 0 fully saturated rings. The van der Waals surface area contributed by atoms with E-state index in [0.29, 0.717) is 12.8 Å². The zero-order chi connectivity index (χ0) is 11.4. The number of rotatable bonds is 4. The molecule has 0 saturated carbocycles. The van der Waals surface area contributed by atoms with Crippen LogP contribution >= 0.6 is 0 Å². The molecule has 0 spiro atoms. The molecule has 0 aliphatic heterocycles. The standard InChI is InChI=1S/C11H18N2O2/c1-7(2)12-11(14)6-5-10-8(3)13-15-9(10)4/h7H,5-6H2,1-4H3,(H,12,14). The third kappa shape index (κ3) is 3.38. The Hall–Kier alpha value is -1.32. The summed E-state index contributed by atoms with van der Waals surface area (Å²) in [6.07, 6.45) is 1.18. The first-order chi connectivity index (χ1) is 7.00. The number of amides is 1. The largest absolute Gasteiger partial charge is 0.361 e. The smallest absolute Gasteiger partial charge is 0.220 e. The summed E-state index contributed by atoms with van der Waals surface area (Å²) < 4.78 is 5.03. The Morgan fingerprint density at radius 3 is 2.60 bits per heavy atom. The molecule has 4 heteroatoms. The van der Waals surface area contributed by atoms with Gasteiger partial charge in [0.15, 0.2) is 0 Å². The highest BCUT2D eigenvalue weighted by atomic mass is 16.5. The fraction of sp³-hybridized carbons (Fsp3) is 0.636. The zero-order valence-corrected chi connectivity index (χ0v) is 9.76. The zero-order valence-electron chi connectivity index (χ0n) is 9.76. The lowest BCUT2D eigenvalue weighted by atomic mass is 10.1.